The number of pyridine rings is 1. The fourth-order valence-electron chi connectivity index (χ4n) is 3.96. The molecule has 0 radical (unpaired) electrons. The van der Waals surface area contributed by atoms with Crippen LogP contribution in [-0.2, 0) is 24.4 Å². The van der Waals surface area contributed by atoms with E-state index in [1.165, 1.54) is 0 Å². The molecule has 7 nitrogen and oxygen atoms in total. The van der Waals surface area contributed by atoms with Gasteiger partial charge in [-0.25, -0.2) is 4.98 Å². The van der Waals surface area contributed by atoms with E-state index in [1.54, 1.807) is 0 Å². The van der Waals surface area contributed by atoms with Gasteiger partial charge in [-0.15, -0.1) is 0 Å². The van der Waals surface area contributed by atoms with Crippen LogP contribution >= 0.6 is 0 Å². The first kappa shape index (κ1) is 22.6. The summed E-state index contributed by atoms with van der Waals surface area (Å²) < 4.78 is 9.92. The maximum absolute atomic E-state index is 12.6. The number of aromatic nitrogens is 4. The van der Waals surface area contributed by atoms with Crippen LogP contribution < -0.4 is 10.1 Å². The predicted molar refractivity (Wildman–Crippen MR) is 129 cm³/mol. The number of amides is 1. The van der Waals surface area contributed by atoms with Crippen molar-refractivity contribution in [2.75, 3.05) is 5.32 Å². The summed E-state index contributed by atoms with van der Waals surface area (Å²) >= 11 is 0. The van der Waals surface area contributed by atoms with Crippen LogP contribution in [0.15, 0.2) is 54.9 Å². The van der Waals surface area contributed by atoms with E-state index >= 15 is 0 Å². The molecule has 3 aromatic heterocycles. The molecule has 4 aromatic rings. The molecule has 172 valence electrons. The summed E-state index contributed by atoms with van der Waals surface area (Å²) in [5.74, 6) is 1.19. The summed E-state index contributed by atoms with van der Waals surface area (Å²) in [6.07, 6.45) is 4.99. The van der Waals surface area contributed by atoms with Gasteiger partial charge in [0, 0.05) is 42.8 Å². The monoisotopic (exact) mass is 445 g/mol. The van der Waals surface area contributed by atoms with Crippen LogP contribution in [0.2, 0.25) is 0 Å². The molecule has 0 unspecified atom stereocenters. The normalized spacial score (nSPS) is 11.3. The van der Waals surface area contributed by atoms with E-state index in [-0.39, 0.29) is 5.91 Å². The average molecular weight is 446 g/mol. The fourth-order valence-corrected chi connectivity index (χ4v) is 3.96. The lowest BCUT2D eigenvalue weighted by Crippen LogP contribution is -2.13. The van der Waals surface area contributed by atoms with Gasteiger partial charge in [0.15, 0.2) is 0 Å². The Hall–Kier alpha value is -3.61. The highest BCUT2D eigenvalue weighted by Gasteiger charge is 2.14. The van der Waals surface area contributed by atoms with Crippen molar-refractivity contribution in [3.05, 3.63) is 77.5 Å². The molecule has 3 heterocycles. The molecule has 0 aliphatic heterocycles. The van der Waals surface area contributed by atoms with E-state index in [4.69, 9.17) is 4.74 Å². The van der Waals surface area contributed by atoms with E-state index in [2.05, 4.69) is 40.9 Å². The van der Waals surface area contributed by atoms with E-state index in [0.29, 0.717) is 31.1 Å². The second-order valence-corrected chi connectivity index (χ2v) is 8.79. The van der Waals surface area contributed by atoms with Gasteiger partial charge in [-0.2, -0.15) is 5.10 Å². The van der Waals surface area contributed by atoms with Crippen molar-refractivity contribution in [1.29, 1.82) is 0 Å². The van der Waals surface area contributed by atoms with Crippen molar-refractivity contribution < 1.29 is 9.53 Å². The molecular weight excluding hydrogens is 414 g/mol. The van der Waals surface area contributed by atoms with E-state index in [9.17, 15) is 4.79 Å². The summed E-state index contributed by atoms with van der Waals surface area (Å²) in [5.41, 5.74) is 5.77. The lowest BCUT2D eigenvalue weighted by molar-refractivity contribution is -0.116. The Labute approximate surface area is 194 Å². The maximum Gasteiger partial charge on any atom is 0.224 e. The molecule has 0 atom stereocenters. The van der Waals surface area contributed by atoms with E-state index in [1.807, 2.05) is 66.2 Å². The van der Waals surface area contributed by atoms with Crippen molar-refractivity contribution in [1.82, 2.24) is 19.2 Å². The number of rotatable bonds is 9. The highest BCUT2D eigenvalue weighted by molar-refractivity contribution is 5.91. The number of ether oxygens (including phenoxy) is 1. The molecule has 0 fully saturated rings. The minimum atomic E-state index is -0.0251. The molecule has 0 saturated carbocycles. The Balaban J connectivity index is 1.32. The first-order chi connectivity index (χ1) is 15.9. The molecule has 1 amide bonds. The van der Waals surface area contributed by atoms with Gasteiger partial charge < -0.3 is 14.5 Å². The predicted octanol–water partition coefficient (Wildman–Crippen LogP) is 4.95. The zero-order valence-corrected chi connectivity index (χ0v) is 19.7. The minimum absolute atomic E-state index is 0.0251. The number of anilines is 1. The molecule has 0 saturated heterocycles. The number of hydrogen-bond donors (Lipinski definition) is 1. The molecule has 1 N–H and O–H groups in total. The standard InChI is InChI=1S/C26H31N5O2/c1-18(2)15-31-20(4)24(19(3)29-31)11-12-26(32)28-21-8-7-9-23(14-21)33-17-22-16-30-13-6-5-10-25(30)27-22/h5-10,13-14,16,18H,11-12,15,17H2,1-4H3,(H,28,32). The summed E-state index contributed by atoms with van der Waals surface area (Å²) in [5, 5.41) is 7.63. The lowest BCUT2D eigenvalue weighted by Gasteiger charge is -2.09. The van der Waals surface area contributed by atoms with Gasteiger partial charge in [0.1, 0.15) is 18.0 Å². The smallest absolute Gasteiger partial charge is 0.224 e. The van der Waals surface area contributed by atoms with Crippen molar-refractivity contribution >= 4 is 17.2 Å². The molecule has 0 aliphatic rings. The second kappa shape index (κ2) is 9.90. The number of benzene rings is 1. The van der Waals surface area contributed by atoms with Crippen molar-refractivity contribution in [3.8, 4) is 5.75 Å². The van der Waals surface area contributed by atoms with Crippen LogP contribution in [0.4, 0.5) is 5.69 Å². The molecule has 0 bridgehead atoms. The van der Waals surface area contributed by atoms with Crippen molar-refractivity contribution in [2.24, 2.45) is 5.92 Å². The summed E-state index contributed by atoms with van der Waals surface area (Å²) in [6, 6.07) is 13.3. The quantitative estimate of drug-likeness (QED) is 0.395. The lowest BCUT2D eigenvalue weighted by atomic mass is 10.1. The molecule has 0 spiro atoms. The summed E-state index contributed by atoms with van der Waals surface area (Å²) in [4.78, 5) is 17.1. The zero-order chi connectivity index (χ0) is 23.4. The van der Waals surface area contributed by atoms with Crippen LogP contribution in [0.3, 0.4) is 0 Å². The minimum Gasteiger partial charge on any atom is -0.487 e. The van der Waals surface area contributed by atoms with Gasteiger partial charge in [-0.3, -0.25) is 9.48 Å². The number of carbonyl (C=O) groups excluding carboxylic acids is 1. The van der Waals surface area contributed by atoms with E-state index in [0.717, 1.165) is 40.5 Å². The van der Waals surface area contributed by atoms with Crippen molar-refractivity contribution in [2.45, 2.75) is 53.7 Å². The second-order valence-electron chi connectivity index (χ2n) is 8.79. The Morgan fingerprint density at radius 2 is 2.00 bits per heavy atom. The molecule has 4 rings (SSSR count). The number of imidazole rings is 1. The third-order valence-corrected chi connectivity index (χ3v) is 5.59. The van der Waals surface area contributed by atoms with Gasteiger partial charge in [0.05, 0.1) is 11.4 Å². The molecule has 0 aliphatic carbocycles. The Kier molecular flexibility index (Phi) is 6.77. The Morgan fingerprint density at radius 3 is 2.79 bits per heavy atom. The average Bonchev–Trinajstić information content (AvgIpc) is 3.31. The number of nitrogens with zero attached hydrogens (tertiary/aromatic N) is 4. The van der Waals surface area contributed by atoms with Crippen LogP contribution in [0, 0.1) is 19.8 Å². The van der Waals surface area contributed by atoms with Gasteiger partial charge in [0.2, 0.25) is 5.91 Å². The first-order valence-electron chi connectivity index (χ1n) is 11.4. The highest BCUT2D eigenvalue weighted by Crippen LogP contribution is 2.20. The molecular formula is C26H31N5O2. The largest absolute Gasteiger partial charge is 0.487 e. The number of nitrogens with one attached hydrogen (secondary N) is 1. The third-order valence-electron chi connectivity index (χ3n) is 5.59. The molecule has 1 aromatic carbocycles. The number of aryl methyl sites for hydroxylation is 1. The Morgan fingerprint density at radius 1 is 1.15 bits per heavy atom. The van der Waals surface area contributed by atoms with E-state index < -0.39 is 0 Å². The Bertz CT molecular complexity index is 1220. The highest BCUT2D eigenvalue weighted by atomic mass is 16.5. The van der Waals surface area contributed by atoms with Crippen LogP contribution in [0.25, 0.3) is 5.65 Å². The third kappa shape index (κ3) is 5.61. The number of fused-ring (bicyclic) bond motifs is 1. The van der Waals surface area contributed by atoms with Crippen LogP contribution in [0.5, 0.6) is 5.75 Å². The summed E-state index contributed by atoms with van der Waals surface area (Å²) in [7, 11) is 0. The topological polar surface area (TPSA) is 73.5 Å². The van der Waals surface area contributed by atoms with Gasteiger partial charge in [-0.1, -0.05) is 26.0 Å². The SMILES string of the molecule is Cc1nn(CC(C)C)c(C)c1CCC(=O)Nc1cccc(OCc2cn3ccccc3n2)c1. The van der Waals surface area contributed by atoms with Gasteiger partial charge in [-0.05, 0) is 56.0 Å². The molecule has 33 heavy (non-hydrogen) atoms. The first-order valence-corrected chi connectivity index (χ1v) is 11.4. The zero-order valence-electron chi connectivity index (χ0n) is 19.7. The number of hydrogen-bond acceptors (Lipinski definition) is 4. The van der Waals surface area contributed by atoms with Gasteiger partial charge in [0.25, 0.3) is 0 Å². The number of carbonyl (C=O) groups is 1. The van der Waals surface area contributed by atoms with Crippen LogP contribution in [-0.4, -0.2) is 25.1 Å². The molecule has 7 heteroatoms. The van der Waals surface area contributed by atoms with Crippen molar-refractivity contribution in [3.63, 3.8) is 0 Å². The van der Waals surface area contributed by atoms with Gasteiger partial charge >= 0.3 is 0 Å². The maximum atomic E-state index is 12.6. The summed E-state index contributed by atoms with van der Waals surface area (Å²) in [6.45, 7) is 9.71. The van der Waals surface area contributed by atoms with Crippen LogP contribution in [0.1, 0.15) is 42.9 Å². The fraction of sp³-hybridized carbons (Fsp3) is 0.346.